The molecule has 22 heavy (non-hydrogen) atoms. The highest BCUT2D eigenvalue weighted by Gasteiger charge is 2.09. The lowest BCUT2D eigenvalue weighted by Gasteiger charge is -2.03. The first-order valence-corrected chi connectivity index (χ1v) is 6.99. The van der Waals surface area contributed by atoms with Crippen LogP contribution in [-0.2, 0) is 4.79 Å². The van der Waals surface area contributed by atoms with Crippen LogP contribution in [0.2, 0.25) is 0 Å². The number of carbonyl (C=O) groups excluding carboxylic acids is 2. The number of nitrogens with one attached hydrogen (secondary N) is 1. The number of ketones is 1. The maximum Gasteiger partial charge on any atom is 0.225 e. The van der Waals surface area contributed by atoms with Crippen molar-refractivity contribution >= 4 is 17.5 Å². The lowest BCUT2D eigenvalue weighted by atomic mass is 10.1. The quantitative estimate of drug-likeness (QED) is 0.795. The number of Topliss-reactive ketones (excluding diaryl/α,β-unsaturated/α-hetero) is 1. The predicted octanol–water partition coefficient (Wildman–Crippen LogP) is 2.98. The summed E-state index contributed by atoms with van der Waals surface area (Å²) in [5.74, 6) is 1.55. The number of carbonyl (C=O) groups is 2. The SMILES string of the molecule is COc1ccc(C(=O)CCCC(=O)Nc2cc(C)on2)cc1. The summed E-state index contributed by atoms with van der Waals surface area (Å²) in [4.78, 5) is 23.7. The summed E-state index contributed by atoms with van der Waals surface area (Å²) in [5, 5.41) is 6.30. The molecule has 2 aromatic rings. The molecule has 116 valence electrons. The highest BCUT2D eigenvalue weighted by atomic mass is 16.5. The Morgan fingerprint density at radius 2 is 1.95 bits per heavy atom. The van der Waals surface area contributed by atoms with E-state index in [2.05, 4.69) is 10.5 Å². The molecule has 6 nitrogen and oxygen atoms in total. The minimum Gasteiger partial charge on any atom is -0.497 e. The Morgan fingerprint density at radius 1 is 1.23 bits per heavy atom. The zero-order chi connectivity index (χ0) is 15.9. The van der Waals surface area contributed by atoms with Gasteiger partial charge in [0, 0.05) is 24.5 Å². The second-order valence-electron chi connectivity index (χ2n) is 4.88. The molecule has 0 aliphatic heterocycles. The number of anilines is 1. The minimum absolute atomic E-state index is 0.00716. The molecule has 0 unspecified atom stereocenters. The van der Waals surface area contributed by atoms with Crippen molar-refractivity contribution in [2.24, 2.45) is 0 Å². The third kappa shape index (κ3) is 4.44. The number of hydrogen-bond donors (Lipinski definition) is 1. The molecular formula is C16H18N2O4. The number of methoxy groups -OCH3 is 1. The number of aromatic nitrogens is 1. The molecule has 0 spiro atoms. The Balaban J connectivity index is 1.75. The molecule has 2 rings (SSSR count). The van der Waals surface area contributed by atoms with E-state index in [-0.39, 0.29) is 18.1 Å². The topological polar surface area (TPSA) is 81.4 Å². The van der Waals surface area contributed by atoms with Crippen LogP contribution in [0.15, 0.2) is 34.9 Å². The van der Waals surface area contributed by atoms with Crippen molar-refractivity contribution in [3.05, 3.63) is 41.7 Å². The average molecular weight is 302 g/mol. The number of nitrogens with zero attached hydrogens (tertiary/aromatic N) is 1. The van der Waals surface area contributed by atoms with Crippen LogP contribution in [-0.4, -0.2) is 24.0 Å². The first-order valence-electron chi connectivity index (χ1n) is 6.99. The predicted molar refractivity (Wildman–Crippen MR) is 81.0 cm³/mol. The van der Waals surface area contributed by atoms with Crippen LogP contribution < -0.4 is 10.1 Å². The fraction of sp³-hybridized carbons (Fsp3) is 0.312. The van der Waals surface area contributed by atoms with E-state index >= 15 is 0 Å². The van der Waals surface area contributed by atoms with E-state index in [1.54, 1.807) is 44.4 Å². The Morgan fingerprint density at radius 3 is 2.55 bits per heavy atom. The molecule has 6 heteroatoms. The molecule has 0 saturated heterocycles. The summed E-state index contributed by atoms with van der Waals surface area (Å²) >= 11 is 0. The molecule has 0 fully saturated rings. The van der Waals surface area contributed by atoms with Crippen LogP contribution in [0.25, 0.3) is 0 Å². The smallest absolute Gasteiger partial charge is 0.225 e. The van der Waals surface area contributed by atoms with Crippen molar-refractivity contribution in [3.8, 4) is 5.75 Å². The van der Waals surface area contributed by atoms with Gasteiger partial charge in [-0.05, 0) is 37.6 Å². The van der Waals surface area contributed by atoms with E-state index in [9.17, 15) is 9.59 Å². The first kappa shape index (κ1) is 15.8. The van der Waals surface area contributed by atoms with Gasteiger partial charge in [0.1, 0.15) is 11.5 Å². The van der Waals surface area contributed by atoms with Gasteiger partial charge < -0.3 is 14.6 Å². The van der Waals surface area contributed by atoms with Gasteiger partial charge in [0.25, 0.3) is 0 Å². The number of ether oxygens (including phenoxy) is 1. The highest BCUT2D eigenvalue weighted by molar-refractivity contribution is 5.96. The fourth-order valence-corrected chi connectivity index (χ4v) is 1.96. The third-order valence-corrected chi connectivity index (χ3v) is 3.12. The van der Waals surface area contributed by atoms with E-state index in [0.29, 0.717) is 35.7 Å². The molecule has 0 aliphatic carbocycles. The zero-order valence-electron chi connectivity index (χ0n) is 12.6. The summed E-state index contributed by atoms with van der Waals surface area (Å²) in [6, 6.07) is 8.57. The lowest BCUT2D eigenvalue weighted by Crippen LogP contribution is -2.12. The van der Waals surface area contributed by atoms with Crippen molar-refractivity contribution in [3.63, 3.8) is 0 Å². The molecule has 0 radical (unpaired) electrons. The Bertz CT molecular complexity index is 646. The number of amides is 1. The van der Waals surface area contributed by atoms with Gasteiger partial charge >= 0.3 is 0 Å². The van der Waals surface area contributed by atoms with E-state index in [1.165, 1.54) is 0 Å². The third-order valence-electron chi connectivity index (χ3n) is 3.12. The first-order chi connectivity index (χ1) is 10.6. The van der Waals surface area contributed by atoms with Crippen molar-refractivity contribution in [1.82, 2.24) is 5.16 Å². The average Bonchev–Trinajstić information content (AvgIpc) is 2.92. The fourth-order valence-electron chi connectivity index (χ4n) is 1.96. The van der Waals surface area contributed by atoms with Crippen molar-refractivity contribution < 1.29 is 18.8 Å². The summed E-state index contributed by atoms with van der Waals surface area (Å²) in [6.07, 6.45) is 1.05. The van der Waals surface area contributed by atoms with Gasteiger partial charge in [-0.3, -0.25) is 9.59 Å². The van der Waals surface area contributed by atoms with Crippen molar-refractivity contribution in [2.75, 3.05) is 12.4 Å². The van der Waals surface area contributed by atoms with E-state index in [4.69, 9.17) is 9.26 Å². The second kappa shape index (κ2) is 7.40. The minimum atomic E-state index is -0.184. The van der Waals surface area contributed by atoms with Crippen LogP contribution in [0.5, 0.6) is 5.75 Å². The van der Waals surface area contributed by atoms with Gasteiger partial charge in [0.15, 0.2) is 11.6 Å². The molecule has 1 N–H and O–H groups in total. The van der Waals surface area contributed by atoms with Gasteiger partial charge in [0.2, 0.25) is 5.91 Å². The molecule has 0 atom stereocenters. The number of hydrogen-bond acceptors (Lipinski definition) is 5. The highest BCUT2D eigenvalue weighted by Crippen LogP contribution is 2.14. The monoisotopic (exact) mass is 302 g/mol. The van der Waals surface area contributed by atoms with Crippen LogP contribution in [0.3, 0.4) is 0 Å². The maximum atomic E-state index is 12.0. The molecule has 1 aromatic carbocycles. The molecule has 1 aromatic heterocycles. The summed E-state index contributed by atoms with van der Waals surface area (Å²) in [5.41, 5.74) is 0.619. The number of rotatable bonds is 7. The van der Waals surface area contributed by atoms with Crippen LogP contribution in [0.1, 0.15) is 35.4 Å². The molecule has 0 bridgehead atoms. The summed E-state index contributed by atoms with van der Waals surface area (Å²) < 4.78 is 9.90. The van der Waals surface area contributed by atoms with Crippen molar-refractivity contribution in [1.29, 1.82) is 0 Å². The van der Waals surface area contributed by atoms with Crippen molar-refractivity contribution in [2.45, 2.75) is 26.2 Å². The molecular weight excluding hydrogens is 284 g/mol. The Labute approximate surface area is 128 Å². The van der Waals surface area contributed by atoms with Gasteiger partial charge in [-0.25, -0.2) is 0 Å². The molecule has 1 heterocycles. The van der Waals surface area contributed by atoms with Crippen LogP contribution in [0, 0.1) is 6.92 Å². The maximum absolute atomic E-state index is 12.0. The van der Waals surface area contributed by atoms with E-state index in [1.807, 2.05) is 0 Å². The largest absolute Gasteiger partial charge is 0.497 e. The normalized spacial score (nSPS) is 10.3. The van der Waals surface area contributed by atoms with E-state index in [0.717, 1.165) is 0 Å². The zero-order valence-corrected chi connectivity index (χ0v) is 12.6. The number of aryl methyl sites for hydroxylation is 1. The Kier molecular flexibility index (Phi) is 5.30. The lowest BCUT2D eigenvalue weighted by molar-refractivity contribution is -0.116. The second-order valence-corrected chi connectivity index (χ2v) is 4.88. The standard InChI is InChI=1S/C16H18N2O4/c1-11-10-15(18-22-11)17-16(20)5-3-4-14(19)12-6-8-13(21-2)9-7-12/h6-10H,3-5H2,1-2H3,(H,17,18,20). The van der Waals surface area contributed by atoms with Gasteiger partial charge in [0.05, 0.1) is 7.11 Å². The molecule has 0 saturated carbocycles. The molecule has 0 aliphatic rings. The summed E-state index contributed by atoms with van der Waals surface area (Å²) in [7, 11) is 1.58. The van der Waals surface area contributed by atoms with Gasteiger partial charge in [-0.1, -0.05) is 5.16 Å². The Hall–Kier alpha value is -2.63. The summed E-state index contributed by atoms with van der Waals surface area (Å²) in [6.45, 7) is 1.75. The van der Waals surface area contributed by atoms with Gasteiger partial charge in [-0.2, -0.15) is 0 Å². The van der Waals surface area contributed by atoms with E-state index < -0.39 is 0 Å². The molecule has 1 amide bonds. The van der Waals surface area contributed by atoms with Crippen LogP contribution in [0.4, 0.5) is 5.82 Å². The van der Waals surface area contributed by atoms with Crippen LogP contribution >= 0.6 is 0 Å². The number of benzene rings is 1. The van der Waals surface area contributed by atoms with Gasteiger partial charge in [-0.15, -0.1) is 0 Å².